The number of nitrogens with one attached hydrogen (secondary N) is 1. The van der Waals surface area contributed by atoms with Gasteiger partial charge in [0.05, 0.1) is 11.6 Å². The highest BCUT2D eigenvalue weighted by Gasteiger charge is 2.27. The van der Waals surface area contributed by atoms with E-state index in [0.717, 1.165) is 26.9 Å². The Kier molecular flexibility index (Phi) is 6.53. The highest BCUT2D eigenvalue weighted by molar-refractivity contribution is 7.21. The molecule has 4 rings (SSSR count). The van der Waals surface area contributed by atoms with Gasteiger partial charge < -0.3 is 10.2 Å². The molecule has 3 aromatic rings. The van der Waals surface area contributed by atoms with Gasteiger partial charge in [0.1, 0.15) is 4.88 Å². The summed E-state index contributed by atoms with van der Waals surface area (Å²) in [7, 11) is 0. The molecule has 0 bridgehead atoms. The lowest BCUT2D eigenvalue weighted by Crippen LogP contribution is -2.50. The van der Waals surface area contributed by atoms with Crippen LogP contribution in [-0.2, 0) is 4.79 Å². The number of hydrogen-bond acceptors (Lipinski definition) is 4. The number of rotatable bonds is 4. The molecule has 0 unspecified atom stereocenters. The number of piperazine rings is 1. The van der Waals surface area contributed by atoms with Crippen molar-refractivity contribution in [2.24, 2.45) is 0 Å². The number of benzene rings is 2. The number of nitrogens with zero attached hydrogens (tertiary/aromatic N) is 2. The van der Waals surface area contributed by atoms with E-state index < -0.39 is 0 Å². The maximum Gasteiger partial charge on any atom is 0.265 e. The molecule has 1 aliphatic rings. The molecule has 8 heteroatoms. The maximum absolute atomic E-state index is 13.0. The zero-order valence-electron chi connectivity index (χ0n) is 17.4. The van der Waals surface area contributed by atoms with E-state index in [1.54, 1.807) is 11.0 Å². The molecule has 0 saturated carbocycles. The topological polar surface area (TPSA) is 52.7 Å². The van der Waals surface area contributed by atoms with E-state index in [1.165, 1.54) is 11.3 Å². The first kappa shape index (κ1) is 22.1. The first-order chi connectivity index (χ1) is 14.8. The summed E-state index contributed by atoms with van der Waals surface area (Å²) in [6, 6.07) is 11.3. The minimum absolute atomic E-state index is 0.0436. The van der Waals surface area contributed by atoms with E-state index in [0.29, 0.717) is 47.6 Å². The highest BCUT2D eigenvalue weighted by Crippen LogP contribution is 2.37. The van der Waals surface area contributed by atoms with E-state index in [9.17, 15) is 9.59 Å². The van der Waals surface area contributed by atoms with Crippen molar-refractivity contribution in [3.8, 4) is 0 Å². The summed E-state index contributed by atoms with van der Waals surface area (Å²) in [5.74, 6) is -0.111. The molecule has 0 radical (unpaired) electrons. The maximum atomic E-state index is 13.0. The zero-order chi connectivity index (χ0) is 22.1. The first-order valence-corrected chi connectivity index (χ1v) is 11.7. The third kappa shape index (κ3) is 4.72. The summed E-state index contributed by atoms with van der Waals surface area (Å²) in [5, 5.41) is 4.95. The average molecular weight is 476 g/mol. The van der Waals surface area contributed by atoms with Crippen molar-refractivity contribution in [3.63, 3.8) is 0 Å². The van der Waals surface area contributed by atoms with Gasteiger partial charge >= 0.3 is 0 Å². The van der Waals surface area contributed by atoms with Gasteiger partial charge in [-0.1, -0.05) is 41.4 Å². The van der Waals surface area contributed by atoms with Crippen molar-refractivity contribution in [1.29, 1.82) is 0 Å². The van der Waals surface area contributed by atoms with Crippen LogP contribution in [0, 0.1) is 13.8 Å². The standard InChI is InChI=1S/C23H23Cl2N3O2S/c1-14-4-3-5-18(15(14)2)26-20(29)13-27-8-10-28(11-9-27)23(30)22-21(25)17-7-6-16(24)12-19(17)31-22/h3-7,12H,8-11,13H2,1-2H3,(H,26,29). The fourth-order valence-corrected chi connectivity index (χ4v) is 5.46. The Morgan fingerprint density at radius 3 is 2.55 bits per heavy atom. The molecular formula is C23H23Cl2N3O2S. The van der Waals surface area contributed by atoms with E-state index in [4.69, 9.17) is 23.2 Å². The lowest BCUT2D eigenvalue weighted by Gasteiger charge is -2.34. The molecule has 0 atom stereocenters. The Labute approximate surface area is 195 Å². The van der Waals surface area contributed by atoms with Crippen LogP contribution in [0.2, 0.25) is 10.0 Å². The molecular weight excluding hydrogens is 453 g/mol. The number of aryl methyl sites for hydroxylation is 1. The monoisotopic (exact) mass is 475 g/mol. The number of anilines is 1. The third-order valence-electron chi connectivity index (χ3n) is 5.69. The van der Waals surface area contributed by atoms with Gasteiger partial charge in [-0.2, -0.15) is 0 Å². The predicted molar refractivity (Wildman–Crippen MR) is 129 cm³/mol. The molecule has 2 aromatic carbocycles. The number of hydrogen-bond donors (Lipinski definition) is 1. The second-order valence-electron chi connectivity index (χ2n) is 7.75. The van der Waals surface area contributed by atoms with Crippen molar-refractivity contribution in [2.45, 2.75) is 13.8 Å². The number of fused-ring (bicyclic) bond motifs is 1. The smallest absolute Gasteiger partial charge is 0.265 e. The van der Waals surface area contributed by atoms with Gasteiger partial charge in [0.25, 0.3) is 5.91 Å². The minimum Gasteiger partial charge on any atom is -0.335 e. The summed E-state index contributed by atoms with van der Waals surface area (Å²) < 4.78 is 0.905. The molecule has 0 aliphatic carbocycles. The fourth-order valence-electron chi connectivity index (χ4n) is 3.71. The van der Waals surface area contributed by atoms with E-state index in [1.807, 2.05) is 44.2 Å². The number of carbonyl (C=O) groups is 2. The molecule has 1 saturated heterocycles. The number of carbonyl (C=O) groups excluding carboxylic acids is 2. The largest absolute Gasteiger partial charge is 0.335 e. The molecule has 31 heavy (non-hydrogen) atoms. The van der Waals surface area contributed by atoms with Gasteiger partial charge in [0.15, 0.2) is 0 Å². The second kappa shape index (κ2) is 9.17. The van der Waals surface area contributed by atoms with Gasteiger partial charge in [-0.15, -0.1) is 11.3 Å². The van der Waals surface area contributed by atoms with Crippen LogP contribution in [0.15, 0.2) is 36.4 Å². The Bertz CT molecular complexity index is 1150. The van der Waals surface area contributed by atoms with E-state index >= 15 is 0 Å². The number of halogens is 2. The van der Waals surface area contributed by atoms with Crippen molar-refractivity contribution in [3.05, 3.63) is 62.4 Å². The van der Waals surface area contributed by atoms with E-state index in [2.05, 4.69) is 10.2 Å². The summed E-state index contributed by atoms with van der Waals surface area (Å²) >= 11 is 13.9. The normalized spacial score (nSPS) is 14.8. The van der Waals surface area contributed by atoms with Crippen LogP contribution in [-0.4, -0.2) is 54.3 Å². The van der Waals surface area contributed by atoms with Gasteiger partial charge in [-0.05, 0) is 43.2 Å². The average Bonchev–Trinajstić information content (AvgIpc) is 3.07. The Balaban J connectivity index is 1.35. The van der Waals surface area contributed by atoms with Gasteiger partial charge in [0, 0.05) is 47.0 Å². The molecule has 2 amide bonds. The van der Waals surface area contributed by atoms with Crippen LogP contribution >= 0.6 is 34.5 Å². The summed E-state index contributed by atoms with van der Waals surface area (Å²) in [6.07, 6.45) is 0. The first-order valence-electron chi connectivity index (χ1n) is 10.1. The molecule has 1 aromatic heterocycles. The highest BCUT2D eigenvalue weighted by atomic mass is 35.5. The fraction of sp³-hybridized carbons (Fsp3) is 0.304. The Hall–Kier alpha value is -2.12. The van der Waals surface area contributed by atoms with Crippen molar-refractivity contribution in [2.75, 3.05) is 38.0 Å². The van der Waals surface area contributed by atoms with Gasteiger partial charge in [-0.25, -0.2) is 0 Å². The van der Waals surface area contributed by atoms with Crippen molar-refractivity contribution >= 4 is 62.1 Å². The summed E-state index contributed by atoms with van der Waals surface area (Å²) in [4.78, 5) is 29.9. The number of amides is 2. The molecule has 1 fully saturated rings. The zero-order valence-corrected chi connectivity index (χ0v) is 19.7. The van der Waals surface area contributed by atoms with Gasteiger partial charge in [-0.3, -0.25) is 14.5 Å². The number of thiophene rings is 1. The minimum atomic E-state index is -0.0678. The van der Waals surface area contributed by atoms with Crippen LogP contribution in [0.4, 0.5) is 5.69 Å². The second-order valence-corrected chi connectivity index (χ2v) is 9.62. The van der Waals surface area contributed by atoms with Gasteiger partial charge in [0.2, 0.25) is 5.91 Å². The summed E-state index contributed by atoms with van der Waals surface area (Å²) in [5.41, 5.74) is 3.07. The molecule has 1 N–H and O–H groups in total. The molecule has 0 spiro atoms. The Morgan fingerprint density at radius 2 is 1.81 bits per heavy atom. The van der Waals surface area contributed by atoms with Crippen molar-refractivity contribution < 1.29 is 9.59 Å². The SMILES string of the molecule is Cc1cccc(NC(=O)CN2CCN(C(=O)c3sc4cc(Cl)ccc4c3Cl)CC2)c1C. The van der Waals surface area contributed by atoms with Crippen LogP contribution in [0.3, 0.4) is 0 Å². The third-order valence-corrected chi connectivity index (χ3v) is 7.57. The summed E-state index contributed by atoms with van der Waals surface area (Å²) in [6.45, 7) is 6.72. The quantitative estimate of drug-likeness (QED) is 0.562. The van der Waals surface area contributed by atoms with Crippen molar-refractivity contribution in [1.82, 2.24) is 9.80 Å². The van der Waals surface area contributed by atoms with Crippen LogP contribution in [0.1, 0.15) is 20.8 Å². The lowest BCUT2D eigenvalue weighted by molar-refractivity contribution is -0.117. The van der Waals surface area contributed by atoms with Crippen LogP contribution in [0.5, 0.6) is 0 Å². The van der Waals surface area contributed by atoms with Crippen LogP contribution < -0.4 is 5.32 Å². The predicted octanol–water partition coefficient (Wildman–Crippen LogP) is 5.22. The van der Waals surface area contributed by atoms with E-state index in [-0.39, 0.29) is 11.8 Å². The van der Waals surface area contributed by atoms with Crippen LogP contribution in [0.25, 0.3) is 10.1 Å². The molecule has 1 aliphatic heterocycles. The lowest BCUT2D eigenvalue weighted by atomic mass is 10.1. The molecule has 5 nitrogen and oxygen atoms in total. The Morgan fingerprint density at radius 1 is 1.06 bits per heavy atom. The molecule has 162 valence electrons. The molecule has 2 heterocycles.